The fourth-order valence-electron chi connectivity index (χ4n) is 2.41. The van der Waals surface area contributed by atoms with Crippen molar-refractivity contribution in [2.45, 2.75) is 26.3 Å². The molecule has 122 valence electrons. The zero-order valence-electron chi connectivity index (χ0n) is 14.1. The average molecular weight is 318 g/mol. The molecule has 0 aliphatic heterocycles. The van der Waals surface area contributed by atoms with Crippen molar-refractivity contribution in [3.63, 3.8) is 0 Å². The molecule has 2 aromatic carbocycles. The highest BCUT2D eigenvalue weighted by Crippen LogP contribution is 2.22. The molecule has 3 nitrogen and oxygen atoms in total. The minimum absolute atomic E-state index is 0.425. The highest BCUT2D eigenvalue weighted by atomic mass is 16.5. The molecule has 0 aliphatic carbocycles. The lowest BCUT2D eigenvalue weighted by atomic mass is 10.1. The van der Waals surface area contributed by atoms with Crippen LogP contribution < -0.4 is 10.1 Å². The Bertz CT molecular complexity index is 785. The van der Waals surface area contributed by atoms with Gasteiger partial charge in [-0.15, -0.1) is 0 Å². The molecule has 0 fully saturated rings. The summed E-state index contributed by atoms with van der Waals surface area (Å²) in [7, 11) is 0. The Balaban J connectivity index is 1.65. The maximum atomic E-state index is 5.88. The van der Waals surface area contributed by atoms with Gasteiger partial charge in [0.05, 0.1) is 0 Å². The van der Waals surface area contributed by atoms with Crippen LogP contribution in [0.5, 0.6) is 11.5 Å². The molecule has 3 aromatic rings. The van der Waals surface area contributed by atoms with E-state index in [9.17, 15) is 0 Å². The Kier molecular flexibility index (Phi) is 5.12. The van der Waals surface area contributed by atoms with Gasteiger partial charge in [0.25, 0.3) is 0 Å². The number of aromatic nitrogens is 1. The number of hydrogen-bond donors (Lipinski definition) is 1. The van der Waals surface area contributed by atoms with E-state index in [4.69, 9.17) is 4.74 Å². The van der Waals surface area contributed by atoms with E-state index in [2.05, 4.69) is 36.3 Å². The number of para-hydroxylation sites is 1. The summed E-state index contributed by atoms with van der Waals surface area (Å²) >= 11 is 0. The lowest BCUT2D eigenvalue weighted by Crippen LogP contribution is -2.03. The first-order chi connectivity index (χ1) is 11.7. The summed E-state index contributed by atoms with van der Waals surface area (Å²) in [6, 6.07) is 24.0. The van der Waals surface area contributed by atoms with Gasteiger partial charge in [0.15, 0.2) is 0 Å². The number of ether oxygens (including phenoxy) is 1. The molecule has 0 saturated heterocycles. The van der Waals surface area contributed by atoms with Crippen molar-refractivity contribution in [1.29, 1.82) is 0 Å². The van der Waals surface area contributed by atoms with Gasteiger partial charge in [0.2, 0.25) is 0 Å². The topological polar surface area (TPSA) is 34.1 Å². The Morgan fingerprint density at radius 2 is 1.62 bits per heavy atom. The van der Waals surface area contributed by atoms with Crippen LogP contribution in [0.15, 0.2) is 72.8 Å². The Morgan fingerprint density at radius 1 is 0.875 bits per heavy atom. The molecule has 1 N–H and O–H groups in total. The minimum Gasteiger partial charge on any atom is -0.457 e. The summed E-state index contributed by atoms with van der Waals surface area (Å²) in [5, 5.41) is 3.38. The maximum absolute atomic E-state index is 5.88. The first kappa shape index (κ1) is 16.1. The first-order valence-corrected chi connectivity index (χ1v) is 8.23. The molecule has 0 atom stereocenters. The maximum Gasteiger partial charge on any atom is 0.127 e. The van der Waals surface area contributed by atoms with E-state index in [0.29, 0.717) is 12.5 Å². The zero-order chi connectivity index (χ0) is 16.8. The van der Waals surface area contributed by atoms with Crippen molar-refractivity contribution in [3.05, 3.63) is 84.1 Å². The Hall–Kier alpha value is -2.81. The van der Waals surface area contributed by atoms with E-state index in [-0.39, 0.29) is 0 Å². The van der Waals surface area contributed by atoms with Crippen LogP contribution >= 0.6 is 0 Å². The normalized spacial score (nSPS) is 10.6. The third kappa shape index (κ3) is 4.35. The van der Waals surface area contributed by atoms with Crippen molar-refractivity contribution in [2.24, 2.45) is 0 Å². The summed E-state index contributed by atoms with van der Waals surface area (Å²) in [5.41, 5.74) is 2.25. The Labute approximate surface area is 143 Å². The van der Waals surface area contributed by atoms with Crippen molar-refractivity contribution >= 4 is 5.82 Å². The number of anilines is 1. The second-order valence-electron chi connectivity index (χ2n) is 6.02. The van der Waals surface area contributed by atoms with Crippen LogP contribution in [0, 0.1) is 0 Å². The van der Waals surface area contributed by atoms with Crippen LogP contribution in [0.1, 0.15) is 31.0 Å². The highest BCUT2D eigenvalue weighted by Gasteiger charge is 2.03. The molecule has 3 rings (SSSR count). The number of nitrogens with one attached hydrogen (secondary N) is 1. The van der Waals surface area contributed by atoms with Crippen LogP contribution in [0.4, 0.5) is 5.82 Å². The van der Waals surface area contributed by atoms with Crippen molar-refractivity contribution in [1.82, 2.24) is 4.98 Å². The summed E-state index contributed by atoms with van der Waals surface area (Å²) in [5.74, 6) is 3.00. The molecule has 24 heavy (non-hydrogen) atoms. The summed E-state index contributed by atoms with van der Waals surface area (Å²) < 4.78 is 5.88. The fourth-order valence-corrected chi connectivity index (χ4v) is 2.41. The van der Waals surface area contributed by atoms with Crippen molar-refractivity contribution in [3.8, 4) is 11.5 Å². The quantitative estimate of drug-likeness (QED) is 0.641. The second kappa shape index (κ2) is 7.64. The lowest BCUT2D eigenvalue weighted by molar-refractivity contribution is 0.482. The largest absolute Gasteiger partial charge is 0.457 e. The van der Waals surface area contributed by atoms with Gasteiger partial charge in [-0.05, 0) is 47.9 Å². The van der Waals surface area contributed by atoms with Gasteiger partial charge in [0, 0.05) is 12.2 Å². The van der Waals surface area contributed by atoms with Crippen molar-refractivity contribution in [2.75, 3.05) is 5.32 Å². The van der Waals surface area contributed by atoms with Crippen LogP contribution in [0.25, 0.3) is 0 Å². The number of rotatable bonds is 6. The molecular weight excluding hydrogens is 296 g/mol. The van der Waals surface area contributed by atoms with Gasteiger partial charge >= 0.3 is 0 Å². The molecule has 0 spiro atoms. The standard InChI is InChI=1S/C21H22N2O/c1-16(2)20-12-7-13-21(23-20)22-15-17-8-6-11-19(14-17)24-18-9-4-3-5-10-18/h3-14,16H,15H2,1-2H3,(H,22,23). The van der Waals surface area contributed by atoms with E-state index < -0.39 is 0 Å². The van der Waals surface area contributed by atoms with Gasteiger partial charge in [0.1, 0.15) is 17.3 Å². The number of nitrogens with zero attached hydrogens (tertiary/aromatic N) is 1. The predicted molar refractivity (Wildman–Crippen MR) is 98.6 cm³/mol. The molecule has 0 aliphatic rings. The van der Waals surface area contributed by atoms with E-state index >= 15 is 0 Å². The van der Waals surface area contributed by atoms with E-state index in [0.717, 1.165) is 28.6 Å². The SMILES string of the molecule is CC(C)c1cccc(NCc2cccc(Oc3ccccc3)c2)n1. The molecule has 0 unspecified atom stereocenters. The van der Waals surface area contributed by atoms with E-state index in [1.165, 1.54) is 0 Å². The van der Waals surface area contributed by atoms with Crippen LogP contribution in [0.2, 0.25) is 0 Å². The Morgan fingerprint density at radius 3 is 2.42 bits per heavy atom. The van der Waals surface area contributed by atoms with Crippen LogP contribution in [0.3, 0.4) is 0 Å². The third-order valence-electron chi connectivity index (χ3n) is 3.71. The predicted octanol–water partition coefficient (Wildman–Crippen LogP) is 5.61. The van der Waals surface area contributed by atoms with Crippen LogP contribution in [-0.4, -0.2) is 4.98 Å². The van der Waals surface area contributed by atoms with Gasteiger partial charge < -0.3 is 10.1 Å². The first-order valence-electron chi connectivity index (χ1n) is 8.23. The fraction of sp³-hybridized carbons (Fsp3) is 0.190. The van der Waals surface area contributed by atoms with Gasteiger partial charge in [-0.2, -0.15) is 0 Å². The van der Waals surface area contributed by atoms with E-state index in [1.54, 1.807) is 0 Å². The molecular formula is C21H22N2O. The average Bonchev–Trinajstić information content (AvgIpc) is 2.61. The molecule has 1 aromatic heterocycles. The smallest absolute Gasteiger partial charge is 0.127 e. The van der Waals surface area contributed by atoms with Crippen LogP contribution in [-0.2, 0) is 6.54 Å². The third-order valence-corrected chi connectivity index (χ3v) is 3.71. The summed E-state index contributed by atoms with van der Waals surface area (Å²) in [4.78, 5) is 4.64. The molecule has 0 saturated carbocycles. The highest BCUT2D eigenvalue weighted by molar-refractivity contribution is 5.39. The molecule has 3 heteroatoms. The van der Waals surface area contributed by atoms with Crippen molar-refractivity contribution < 1.29 is 4.74 Å². The molecule has 0 bridgehead atoms. The van der Waals surface area contributed by atoms with Gasteiger partial charge in [-0.1, -0.05) is 50.2 Å². The number of pyridine rings is 1. The van der Waals surface area contributed by atoms with Gasteiger partial charge in [-0.25, -0.2) is 4.98 Å². The zero-order valence-corrected chi connectivity index (χ0v) is 14.1. The number of benzene rings is 2. The summed E-state index contributed by atoms with van der Waals surface area (Å²) in [6.45, 7) is 5.01. The van der Waals surface area contributed by atoms with E-state index in [1.807, 2.05) is 60.7 Å². The minimum atomic E-state index is 0.425. The lowest BCUT2D eigenvalue weighted by Gasteiger charge is -2.11. The number of hydrogen-bond acceptors (Lipinski definition) is 3. The monoisotopic (exact) mass is 318 g/mol. The van der Waals surface area contributed by atoms with Gasteiger partial charge in [-0.3, -0.25) is 0 Å². The summed E-state index contributed by atoms with van der Waals surface area (Å²) in [6.07, 6.45) is 0. The molecule has 0 radical (unpaired) electrons. The molecule has 0 amide bonds. The molecule has 1 heterocycles. The second-order valence-corrected chi connectivity index (χ2v) is 6.02.